The van der Waals surface area contributed by atoms with Crippen molar-refractivity contribution < 1.29 is 28.7 Å². The lowest BCUT2D eigenvalue weighted by atomic mass is 10.1. The topological polar surface area (TPSA) is 234 Å². The van der Waals surface area contributed by atoms with Crippen molar-refractivity contribution in [3.8, 4) is 5.75 Å². The number of thiophene rings is 1. The highest BCUT2D eigenvalue weighted by Gasteiger charge is 2.25. The Hall–Kier alpha value is -6.34. The van der Waals surface area contributed by atoms with Crippen LogP contribution in [-0.2, 0) is 30.9 Å². The van der Waals surface area contributed by atoms with Crippen molar-refractivity contribution in [2.75, 3.05) is 23.8 Å². The molecule has 7 rings (SSSR count). The first kappa shape index (κ1) is 37.0. The molecular weight excluding hydrogens is 729 g/mol. The minimum Gasteiger partial charge on any atom is -0.486 e. The molecule has 0 spiro atoms. The van der Waals surface area contributed by atoms with E-state index in [2.05, 4.69) is 25.8 Å². The molecule has 1 aromatic carbocycles. The van der Waals surface area contributed by atoms with Crippen LogP contribution in [0.3, 0.4) is 0 Å². The highest BCUT2D eigenvalue weighted by atomic mass is 32.1. The normalized spacial score (nSPS) is 14.4. The van der Waals surface area contributed by atoms with Crippen LogP contribution in [0.2, 0.25) is 0 Å². The van der Waals surface area contributed by atoms with E-state index in [1.807, 2.05) is 39.8 Å². The molecule has 1 atom stereocenters. The summed E-state index contributed by atoms with van der Waals surface area (Å²) in [5.74, 6) is -1.23. The first-order chi connectivity index (χ1) is 26.4. The van der Waals surface area contributed by atoms with Gasteiger partial charge in [0, 0.05) is 38.2 Å². The van der Waals surface area contributed by atoms with Gasteiger partial charge in [0.15, 0.2) is 0 Å². The fraction of sp³-hybridized carbons (Fsp3) is 0.333. The number of benzene rings is 1. The molecule has 4 amide bonds. The van der Waals surface area contributed by atoms with Gasteiger partial charge < -0.3 is 25.5 Å². The summed E-state index contributed by atoms with van der Waals surface area (Å²) in [4.78, 5) is 61.8. The average Bonchev–Trinajstić information content (AvgIpc) is 4.00. The molecule has 0 aliphatic carbocycles. The van der Waals surface area contributed by atoms with Crippen molar-refractivity contribution in [3.05, 3.63) is 75.7 Å². The number of hydrogen-bond acceptors (Lipinski definition) is 11. The third-order valence-electron chi connectivity index (χ3n) is 9.00. The first-order valence-corrected chi connectivity index (χ1v) is 18.5. The molecule has 1 aliphatic heterocycles. The van der Waals surface area contributed by atoms with E-state index < -0.39 is 17.7 Å². The lowest BCUT2D eigenvalue weighted by Crippen LogP contribution is -2.20. The number of hydrogen-bond donors (Lipinski definition) is 4. The van der Waals surface area contributed by atoms with Gasteiger partial charge in [-0.2, -0.15) is 10.2 Å². The van der Waals surface area contributed by atoms with E-state index in [1.165, 1.54) is 11.3 Å². The zero-order valence-electron chi connectivity index (χ0n) is 30.7. The summed E-state index contributed by atoms with van der Waals surface area (Å²) in [6.07, 6.45) is 4.10. The van der Waals surface area contributed by atoms with Gasteiger partial charge in [-0.25, -0.2) is 9.97 Å². The Bertz CT molecular complexity index is 2500. The smallest absolute Gasteiger partial charge is 0.276 e. The molecule has 1 aliphatic rings. The number of aromatic nitrogens is 8. The van der Waals surface area contributed by atoms with Crippen LogP contribution in [0, 0.1) is 13.8 Å². The number of amides is 4. The molecule has 19 heteroatoms. The molecular formula is C36H40N12O6S. The van der Waals surface area contributed by atoms with Crippen LogP contribution >= 0.6 is 11.3 Å². The second-order valence-corrected chi connectivity index (χ2v) is 14.0. The molecule has 6 aromatic rings. The fourth-order valence-electron chi connectivity index (χ4n) is 6.45. The van der Waals surface area contributed by atoms with Gasteiger partial charge in [-0.3, -0.25) is 43.7 Å². The SMILES string of the molecule is CCn1nc(C)cc1C(=O)Nc1nc2cc(C(N)=O)sc2n1C/C=C/Cn1c(NC(=O)c2cc(C)nn2CC)nc2cc(C(N)=O)cc(O[C@H]3CCOC3)c21. The van der Waals surface area contributed by atoms with E-state index in [4.69, 9.17) is 25.9 Å². The third-order valence-corrected chi connectivity index (χ3v) is 10.2. The lowest BCUT2D eigenvalue weighted by Gasteiger charge is -2.16. The van der Waals surface area contributed by atoms with Crippen molar-refractivity contribution in [3.63, 3.8) is 0 Å². The molecule has 0 bridgehead atoms. The maximum Gasteiger partial charge on any atom is 0.276 e. The molecule has 55 heavy (non-hydrogen) atoms. The van der Waals surface area contributed by atoms with Gasteiger partial charge >= 0.3 is 0 Å². The van der Waals surface area contributed by atoms with Crippen LogP contribution in [0.4, 0.5) is 11.9 Å². The van der Waals surface area contributed by atoms with E-state index in [0.717, 1.165) is 0 Å². The predicted molar refractivity (Wildman–Crippen MR) is 205 cm³/mol. The second kappa shape index (κ2) is 15.2. The Morgan fingerprint density at radius 2 is 1.45 bits per heavy atom. The number of nitrogens with one attached hydrogen (secondary N) is 2. The summed E-state index contributed by atoms with van der Waals surface area (Å²) < 4.78 is 18.7. The summed E-state index contributed by atoms with van der Waals surface area (Å²) >= 11 is 1.17. The standard InChI is InChI=1S/C36H40N12O6S/c1-5-47-25(13-19(3)43-47)32(51)41-35-39-23-15-21(30(37)49)16-27(54-22-9-12-53-18-22)29(23)45(35)10-7-8-11-46-34-24(17-28(55-34)31(38)50)40-36(46)42-33(52)26-14-20(4)44-48(26)6-2/h7-8,13-17,22H,5-6,9-12,18H2,1-4H3,(H2,37,49)(H2,38,50)(H,39,41,51)(H,40,42,52)/b8-7+/t22-/m0/s1. The van der Waals surface area contributed by atoms with Crippen molar-refractivity contribution in [2.45, 2.75) is 66.4 Å². The molecule has 0 unspecified atom stereocenters. The summed E-state index contributed by atoms with van der Waals surface area (Å²) in [6.45, 7) is 9.72. The van der Waals surface area contributed by atoms with Gasteiger partial charge in [0.2, 0.25) is 17.8 Å². The van der Waals surface area contributed by atoms with E-state index in [0.29, 0.717) is 87.5 Å². The maximum atomic E-state index is 13.7. The highest BCUT2D eigenvalue weighted by molar-refractivity contribution is 7.20. The number of carbonyl (C=O) groups excluding carboxylic acids is 4. The van der Waals surface area contributed by atoms with Gasteiger partial charge in [-0.05, 0) is 58.0 Å². The molecule has 0 radical (unpaired) electrons. The van der Waals surface area contributed by atoms with E-state index in [1.54, 1.807) is 48.8 Å². The number of aryl methyl sites for hydroxylation is 4. The number of carbonyl (C=O) groups is 4. The van der Waals surface area contributed by atoms with Gasteiger partial charge in [-0.15, -0.1) is 11.3 Å². The number of nitrogens with zero attached hydrogens (tertiary/aromatic N) is 8. The summed E-state index contributed by atoms with van der Waals surface area (Å²) in [5.41, 5.74) is 15.0. The summed E-state index contributed by atoms with van der Waals surface area (Å²) in [5, 5.41) is 14.6. The summed E-state index contributed by atoms with van der Waals surface area (Å²) in [6, 6.07) is 8.12. The van der Waals surface area contributed by atoms with Gasteiger partial charge in [-0.1, -0.05) is 12.2 Å². The Morgan fingerprint density at radius 3 is 2.02 bits per heavy atom. The number of fused-ring (bicyclic) bond motifs is 2. The van der Waals surface area contributed by atoms with Gasteiger partial charge in [0.05, 0.1) is 35.0 Å². The number of anilines is 2. The Morgan fingerprint density at radius 1 is 0.855 bits per heavy atom. The molecule has 1 saturated heterocycles. The first-order valence-electron chi connectivity index (χ1n) is 17.7. The number of allylic oxidation sites excluding steroid dienone is 2. The number of rotatable bonds is 14. The Balaban J connectivity index is 1.25. The molecule has 6 heterocycles. The molecule has 18 nitrogen and oxygen atoms in total. The Labute approximate surface area is 318 Å². The van der Waals surface area contributed by atoms with Crippen LogP contribution in [0.15, 0.2) is 42.5 Å². The largest absolute Gasteiger partial charge is 0.486 e. The zero-order chi connectivity index (χ0) is 39.0. The van der Waals surface area contributed by atoms with Crippen molar-refractivity contribution >= 4 is 68.2 Å². The lowest BCUT2D eigenvalue weighted by molar-refractivity contribution is 0.0992. The minimum absolute atomic E-state index is 0.192. The van der Waals surface area contributed by atoms with Crippen LogP contribution in [0.25, 0.3) is 21.4 Å². The predicted octanol–water partition coefficient (Wildman–Crippen LogP) is 3.62. The van der Waals surface area contributed by atoms with E-state index in [-0.39, 0.29) is 42.6 Å². The molecule has 1 fully saturated rings. The van der Waals surface area contributed by atoms with Crippen LogP contribution in [-0.4, -0.2) is 81.6 Å². The summed E-state index contributed by atoms with van der Waals surface area (Å²) in [7, 11) is 0. The van der Waals surface area contributed by atoms with Crippen LogP contribution < -0.4 is 26.8 Å². The average molecular weight is 769 g/mol. The Kier molecular flexibility index (Phi) is 10.2. The highest BCUT2D eigenvalue weighted by Crippen LogP contribution is 2.33. The minimum atomic E-state index is -0.659. The molecule has 5 aromatic heterocycles. The maximum absolute atomic E-state index is 13.7. The third kappa shape index (κ3) is 7.43. The van der Waals surface area contributed by atoms with Crippen molar-refractivity contribution in [1.82, 2.24) is 38.7 Å². The van der Waals surface area contributed by atoms with Crippen molar-refractivity contribution in [2.24, 2.45) is 11.5 Å². The fourth-order valence-corrected chi connectivity index (χ4v) is 7.41. The molecule has 286 valence electrons. The van der Waals surface area contributed by atoms with Gasteiger partial charge in [0.25, 0.3) is 17.7 Å². The van der Waals surface area contributed by atoms with E-state index in [9.17, 15) is 19.2 Å². The monoisotopic (exact) mass is 768 g/mol. The molecule has 0 saturated carbocycles. The van der Waals surface area contributed by atoms with Crippen LogP contribution in [0.5, 0.6) is 5.75 Å². The number of nitrogens with two attached hydrogens (primary N) is 2. The number of imidazole rings is 2. The second-order valence-electron chi connectivity index (χ2n) is 12.9. The quantitative estimate of drug-likeness (QED) is 0.118. The van der Waals surface area contributed by atoms with E-state index >= 15 is 0 Å². The zero-order valence-corrected chi connectivity index (χ0v) is 31.5. The number of ether oxygens (including phenoxy) is 2. The van der Waals surface area contributed by atoms with Gasteiger partial charge in [0.1, 0.15) is 39.1 Å². The number of primary amides is 2. The molecule has 6 N–H and O–H groups in total. The van der Waals surface area contributed by atoms with Crippen LogP contribution in [0.1, 0.15) is 72.7 Å². The van der Waals surface area contributed by atoms with Crippen molar-refractivity contribution in [1.29, 1.82) is 0 Å².